The van der Waals surface area contributed by atoms with Gasteiger partial charge in [-0.1, -0.05) is 25.5 Å². The fraction of sp³-hybridized carbons (Fsp3) is 0.533. The second-order valence-corrected chi connectivity index (χ2v) is 6.51. The van der Waals surface area contributed by atoms with Crippen molar-refractivity contribution in [1.82, 2.24) is 5.32 Å². The number of benzene rings is 1. The Morgan fingerprint density at radius 2 is 2.11 bits per heavy atom. The molecule has 0 heterocycles. The molecule has 1 aromatic rings. The SMILES string of the molecule is Cc1ccc(Br)c(C(=O)NCC(C)(C)CCCO)c1. The van der Waals surface area contributed by atoms with Crippen molar-refractivity contribution in [3.63, 3.8) is 0 Å². The van der Waals surface area contributed by atoms with Gasteiger partial charge in [-0.15, -0.1) is 0 Å². The average molecular weight is 328 g/mol. The summed E-state index contributed by atoms with van der Waals surface area (Å²) in [6, 6.07) is 5.73. The largest absolute Gasteiger partial charge is 0.396 e. The molecule has 0 bridgehead atoms. The number of aliphatic hydroxyl groups excluding tert-OH is 1. The topological polar surface area (TPSA) is 49.3 Å². The highest BCUT2D eigenvalue weighted by Crippen LogP contribution is 2.22. The van der Waals surface area contributed by atoms with Crippen LogP contribution in [0.25, 0.3) is 0 Å². The molecule has 0 saturated heterocycles. The second-order valence-electron chi connectivity index (χ2n) is 5.66. The maximum absolute atomic E-state index is 12.1. The average Bonchev–Trinajstić information content (AvgIpc) is 2.36. The molecule has 3 nitrogen and oxygen atoms in total. The monoisotopic (exact) mass is 327 g/mol. The van der Waals surface area contributed by atoms with Crippen LogP contribution in [0.2, 0.25) is 0 Å². The summed E-state index contributed by atoms with van der Waals surface area (Å²) in [5, 5.41) is 11.8. The van der Waals surface area contributed by atoms with E-state index in [-0.39, 0.29) is 17.9 Å². The van der Waals surface area contributed by atoms with Crippen molar-refractivity contribution in [2.24, 2.45) is 5.41 Å². The van der Waals surface area contributed by atoms with E-state index in [9.17, 15) is 4.79 Å². The predicted molar refractivity (Wildman–Crippen MR) is 81.3 cm³/mol. The predicted octanol–water partition coefficient (Wildman–Crippen LogP) is 3.29. The number of hydrogen-bond acceptors (Lipinski definition) is 2. The lowest BCUT2D eigenvalue weighted by molar-refractivity contribution is 0.0932. The molecule has 0 aliphatic carbocycles. The lowest BCUT2D eigenvalue weighted by Gasteiger charge is -2.24. The van der Waals surface area contributed by atoms with Gasteiger partial charge in [0.25, 0.3) is 5.91 Å². The Morgan fingerprint density at radius 1 is 1.42 bits per heavy atom. The molecular weight excluding hydrogens is 306 g/mol. The number of aliphatic hydroxyl groups is 1. The van der Waals surface area contributed by atoms with E-state index in [0.717, 1.165) is 22.9 Å². The Balaban J connectivity index is 2.62. The zero-order valence-corrected chi connectivity index (χ0v) is 13.4. The van der Waals surface area contributed by atoms with Crippen molar-refractivity contribution in [3.8, 4) is 0 Å². The molecule has 0 saturated carbocycles. The smallest absolute Gasteiger partial charge is 0.252 e. The molecule has 0 aromatic heterocycles. The second kappa shape index (κ2) is 7.06. The van der Waals surface area contributed by atoms with Gasteiger partial charge in [0.1, 0.15) is 0 Å². The molecule has 1 amide bonds. The van der Waals surface area contributed by atoms with Gasteiger partial charge in [0.15, 0.2) is 0 Å². The minimum absolute atomic E-state index is 0.00527. The number of amides is 1. The van der Waals surface area contributed by atoms with Gasteiger partial charge in [0.05, 0.1) is 5.56 Å². The summed E-state index contributed by atoms with van der Waals surface area (Å²) in [5.74, 6) is -0.0624. The number of carbonyl (C=O) groups excluding carboxylic acids is 1. The molecule has 0 aliphatic heterocycles. The number of nitrogens with one attached hydrogen (secondary N) is 1. The van der Waals surface area contributed by atoms with Crippen LogP contribution >= 0.6 is 15.9 Å². The van der Waals surface area contributed by atoms with Gasteiger partial charge < -0.3 is 10.4 Å². The standard InChI is InChI=1S/C15H22BrNO2/c1-11-5-6-13(16)12(9-11)14(19)17-10-15(2,3)7-4-8-18/h5-6,9,18H,4,7-8,10H2,1-3H3,(H,17,19). The molecule has 0 radical (unpaired) electrons. The van der Waals surface area contributed by atoms with E-state index in [1.807, 2.05) is 25.1 Å². The van der Waals surface area contributed by atoms with Crippen LogP contribution in [-0.2, 0) is 0 Å². The van der Waals surface area contributed by atoms with Gasteiger partial charge in [-0.2, -0.15) is 0 Å². The molecular formula is C15H22BrNO2. The molecule has 0 spiro atoms. The van der Waals surface area contributed by atoms with Gasteiger partial charge in [-0.25, -0.2) is 0 Å². The number of aryl methyl sites for hydroxylation is 1. The van der Waals surface area contributed by atoms with Crippen LogP contribution in [0.4, 0.5) is 0 Å². The summed E-state index contributed by atoms with van der Waals surface area (Å²) in [7, 11) is 0. The fourth-order valence-corrected chi connectivity index (χ4v) is 2.30. The molecule has 0 unspecified atom stereocenters. The number of halogens is 1. The number of rotatable bonds is 6. The van der Waals surface area contributed by atoms with Crippen LogP contribution in [0.15, 0.2) is 22.7 Å². The molecule has 1 aromatic carbocycles. The van der Waals surface area contributed by atoms with Crippen LogP contribution < -0.4 is 5.32 Å². The van der Waals surface area contributed by atoms with Crippen molar-refractivity contribution >= 4 is 21.8 Å². The summed E-state index contributed by atoms with van der Waals surface area (Å²) in [5.41, 5.74) is 1.72. The molecule has 0 atom stereocenters. The maximum Gasteiger partial charge on any atom is 0.252 e. The number of carbonyl (C=O) groups is 1. The lowest BCUT2D eigenvalue weighted by Crippen LogP contribution is -2.34. The Labute approximate surface area is 123 Å². The van der Waals surface area contributed by atoms with Crippen molar-refractivity contribution < 1.29 is 9.90 Å². The first-order chi connectivity index (χ1) is 8.85. The van der Waals surface area contributed by atoms with Gasteiger partial charge in [0, 0.05) is 17.6 Å². The first-order valence-electron chi connectivity index (χ1n) is 6.51. The summed E-state index contributed by atoms with van der Waals surface area (Å²) in [6.45, 7) is 6.95. The van der Waals surface area contributed by atoms with Crippen molar-refractivity contribution in [2.45, 2.75) is 33.6 Å². The minimum atomic E-state index is -0.0624. The van der Waals surface area contributed by atoms with E-state index in [1.54, 1.807) is 0 Å². The molecule has 19 heavy (non-hydrogen) atoms. The highest BCUT2D eigenvalue weighted by atomic mass is 79.9. The van der Waals surface area contributed by atoms with Crippen molar-refractivity contribution in [2.75, 3.05) is 13.2 Å². The fourth-order valence-electron chi connectivity index (χ4n) is 1.87. The summed E-state index contributed by atoms with van der Waals surface area (Å²) < 4.78 is 0.809. The van der Waals surface area contributed by atoms with Crippen LogP contribution in [0.3, 0.4) is 0 Å². The third-order valence-electron chi connectivity index (χ3n) is 3.11. The zero-order chi connectivity index (χ0) is 14.5. The Kier molecular flexibility index (Phi) is 6.01. The molecule has 106 valence electrons. The van der Waals surface area contributed by atoms with Gasteiger partial charge >= 0.3 is 0 Å². The van der Waals surface area contributed by atoms with Gasteiger partial charge in [0.2, 0.25) is 0 Å². The quantitative estimate of drug-likeness (QED) is 0.842. The van der Waals surface area contributed by atoms with Crippen LogP contribution in [0.1, 0.15) is 42.6 Å². The minimum Gasteiger partial charge on any atom is -0.396 e. The maximum atomic E-state index is 12.1. The lowest BCUT2D eigenvalue weighted by atomic mass is 9.88. The van der Waals surface area contributed by atoms with E-state index in [0.29, 0.717) is 12.1 Å². The normalized spacial score (nSPS) is 11.4. The van der Waals surface area contributed by atoms with E-state index >= 15 is 0 Å². The highest BCUT2D eigenvalue weighted by Gasteiger charge is 2.19. The van der Waals surface area contributed by atoms with Crippen LogP contribution in [0, 0.1) is 12.3 Å². The number of hydrogen-bond donors (Lipinski definition) is 2. The first-order valence-corrected chi connectivity index (χ1v) is 7.30. The third kappa shape index (κ3) is 5.33. The van der Waals surface area contributed by atoms with E-state index in [1.165, 1.54) is 0 Å². The van der Waals surface area contributed by atoms with Crippen molar-refractivity contribution in [3.05, 3.63) is 33.8 Å². The van der Waals surface area contributed by atoms with Crippen LogP contribution in [0.5, 0.6) is 0 Å². The Hall–Kier alpha value is -0.870. The van der Waals surface area contributed by atoms with Crippen LogP contribution in [-0.4, -0.2) is 24.2 Å². The van der Waals surface area contributed by atoms with Gasteiger partial charge in [-0.05, 0) is 53.2 Å². The first kappa shape index (κ1) is 16.2. The highest BCUT2D eigenvalue weighted by molar-refractivity contribution is 9.10. The van der Waals surface area contributed by atoms with E-state index < -0.39 is 0 Å². The molecule has 1 rings (SSSR count). The van der Waals surface area contributed by atoms with Crippen molar-refractivity contribution in [1.29, 1.82) is 0 Å². The zero-order valence-electron chi connectivity index (χ0n) is 11.8. The molecule has 0 aliphatic rings. The summed E-state index contributed by atoms with van der Waals surface area (Å²) >= 11 is 3.40. The van der Waals surface area contributed by atoms with E-state index in [4.69, 9.17) is 5.11 Å². The van der Waals surface area contributed by atoms with Gasteiger partial charge in [-0.3, -0.25) is 4.79 Å². The molecule has 2 N–H and O–H groups in total. The molecule has 4 heteroatoms. The molecule has 0 fully saturated rings. The summed E-state index contributed by atoms with van der Waals surface area (Å²) in [6.07, 6.45) is 1.65. The Bertz CT molecular complexity index is 444. The summed E-state index contributed by atoms with van der Waals surface area (Å²) in [4.78, 5) is 12.1. The third-order valence-corrected chi connectivity index (χ3v) is 3.80. The van der Waals surface area contributed by atoms with E-state index in [2.05, 4.69) is 35.1 Å². The Morgan fingerprint density at radius 3 is 2.74 bits per heavy atom.